The Morgan fingerprint density at radius 2 is 1.72 bits per heavy atom. The number of carbonyl (C=O) groups is 3. The lowest BCUT2D eigenvalue weighted by atomic mass is 10.0. The van der Waals surface area contributed by atoms with Crippen molar-refractivity contribution in [3.8, 4) is 0 Å². The fourth-order valence-electron chi connectivity index (χ4n) is 4.92. The lowest BCUT2D eigenvalue weighted by Crippen LogP contribution is -2.52. The van der Waals surface area contributed by atoms with Crippen LogP contribution < -0.4 is 5.32 Å². The average molecular weight is 518 g/mol. The Balaban J connectivity index is 1.23. The lowest BCUT2D eigenvalue weighted by Gasteiger charge is -2.31. The average Bonchev–Trinajstić information content (AvgIpc) is 3.16. The zero-order valence-electron chi connectivity index (χ0n) is 19.6. The maximum absolute atomic E-state index is 14.4. The number of nitrogens with zero attached hydrogens (tertiary/aromatic N) is 2. The Hall–Kier alpha value is -2.85. The third-order valence-corrected chi connectivity index (χ3v) is 8.14. The van der Waals surface area contributed by atoms with Gasteiger partial charge in [0.25, 0.3) is 11.8 Å². The molecule has 2 fully saturated rings. The number of thioether (sulfide) groups is 1. The lowest BCUT2D eigenvalue weighted by molar-refractivity contribution is -0.136. The van der Waals surface area contributed by atoms with Crippen LogP contribution in [0.5, 0.6) is 0 Å². The summed E-state index contributed by atoms with van der Waals surface area (Å²) >= 11 is 1.42. The van der Waals surface area contributed by atoms with Gasteiger partial charge in [0.05, 0.1) is 0 Å². The second-order valence-electron chi connectivity index (χ2n) is 9.57. The zero-order chi connectivity index (χ0) is 25.4. The van der Waals surface area contributed by atoms with Gasteiger partial charge in [-0.3, -0.25) is 24.6 Å². The molecule has 2 aromatic rings. The predicted octanol–water partition coefficient (Wildman–Crippen LogP) is 4.11. The monoisotopic (exact) mass is 517 g/mol. The quantitative estimate of drug-likeness (QED) is 0.462. The van der Waals surface area contributed by atoms with Gasteiger partial charge in [0.2, 0.25) is 11.8 Å². The van der Waals surface area contributed by atoms with E-state index in [1.807, 2.05) is 29.2 Å². The van der Waals surface area contributed by atoms with Crippen LogP contribution in [0, 0.1) is 5.82 Å². The van der Waals surface area contributed by atoms with Crippen molar-refractivity contribution in [2.75, 3.05) is 13.1 Å². The fourth-order valence-corrected chi connectivity index (χ4v) is 5.98. The number of rotatable bonds is 6. The van der Waals surface area contributed by atoms with Crippen molar-refractivity contribution in [3.05, 3.63) is 64.5 Å². The van der Waals surface area contributed by atoms with E-state index in [4.69, 9.17) is 0 Å². The van der Waals surface area contributed by atoms with Crippen molar-refractivity contribution in [1.82, 2.24) is 15.1 Å². The van der Waals surface area contributed by atoms with Crippen molar-refractivity contribution in [1.29, 1.82) is 0 Å². The van der Waals surface area contributed by atoms with E-state index in [0.29, 0.717) is 35.8 Å². The summed E-state index contributed by atoms with van der Waals surface area (Å²) in [5, 5.41) is 2.27. The number of hydrogen-bond acceptors (Lipinski definition) is 5. The van der Waals surface area contributed by atoms with Crippen LogP contribution >= 0.6 is 11.8 Å². The van der Waals surface area contributed by atoms with Gasteiger partial charge in [0.1, 0.15) is 11.9 Å². The van der Waals surface area contributed by atoms with Gasteiger partial charge in [-0.2, -0.15) is 0 Å². The number of nitrogens with one attached hydrogen (secondary N) is 1. The SMILES string of the molecule is O=C1CCC(N2Cc3c(SCc4ccc(CN5CCC(F)(F)CC5)cc4)cc(F)cc3C2=O)C(=O)N1. The number of hydrogen-bond donors (Lipinski definition) is 1. The molecule has 1 N–H and O–H groups in total. The maximum Gasteiger partial charge on any atom is 0.255 e. The predicted molar refractivity (Wildman–Crippen MR) is 128 cm³/mol. The molecule has 0 aliphatic carbocycles. The van der Waals surface area contributed by atoms with Crippen molar-refractivity contribution < 1.29 is 27.6 Å². The molecule has 0 aromatic heterocycles. The number of piperidine rings is 2. The van der Waals surface area contributed by atoms with Gasteiger partial charge in [0, 0.05) is 61.7 Å². The van der Waals surface area contributed by atoms with Crippen molar-refractivity contribution in [3.63, 3.8) is 0 Å². The molecule has 10 heteroatoms. The molecule has 1 unspecified atom stereocenters. The van der Waals surface area contributed by atoms with Crippen molar-refractivity contribution in [2.24, 2.45) is 0 Å². The van der Waals surface area contributed by atoms with E-state index < -0.39 is 29.6 Å². The Labute approximate surface area is 211 Å². The second-order valence-corrected chi connectivity index (χ2v) is 10.6. The molecule has 0 saturated carbocycles. The van der Waals surface area contributed by atoms with Crippen LogP contribution in [-0.2, 0) is 28.4 Å². The summed E-state index contributed by atoms with van der Waals surface area (Å²) in [6.45, 7) is 1.57. The Morgan fingerprint density at radius 1 is 1.03 bits per heavy atom. The highest BCUT2D eigenvalue weighted by Gasteiger charge is 2.40. The standard InChI is InChI=1S/C26H26F3N3O3S/c27-18-11-19-20(14-32(25(19)35)21-5-6-23(33)30-24(21)34)22(12-18)36-15-17-3-1-16(2-4-17)13-31-9-7-26(28,29)8-10-31/h1-4,11-12,21H,5-10,13-15H2,(H,30,33,34). The molecule has 0 spiro atoms. The molecular weight excluding hydrogens is 491 g/mol. The molecule has 0 bridgehead atoms. The van der Waals surface area contributed by atoms with Crippen molar-refractivity contribution in [2.45, 2.75) is 61.4 Å². The zero-order valence-corrected chi connectivity index (χ0v) is 20.4. The number of halogens is 3. The van der Waals surface area contributed by atoms with Crippen LogP contribution in [0.1, 0.15) is 52.7 Å². The fraction of sp³-hybridized carbons (Fsp3) is 0.423. The first-order valence-corrected chi connectivity index (χ1v) is 12.9. The topological polar surface area (TPSA) is 69.7 Å². The van der Waals surface area contributed by atoms with E-state index in [9.17, 15) is 27.6 Å². The summed E-state index contributed by atoms with van der Waals surface area (Å²) in [4.78, 5) is 40.8. The number of amides is 3. The summed E-state index contributed by atoms with van der Waals surface area (Å²) in [6, 6.07) is 9.77. The molecule has 2 saturated heterocycles. The molecule has 3 heterocycles. The molecule has 36 heavy (non-hydrogen) atoms. The van der Waals surface area contributed by atoms with Gasteiger partial charge in [-0.25, -0.2) is 13.2 Å². The summed E-state index contributed by atoms with van der Waals surface area (Å²) in [6.07, 6.45) is 0.195. The van der Waals surface area contributed by atoms with Crippen molar-refractivity contribution >= 4 is 29.5 Å². The first kappa shape index (κ1) is 24.8. The van der Waals surface area contributed by atoms with Gasteiger partial charge in [-0.1, -0.05) is 24.3 Å². The van der Waals surface area contributed by atoms with E-state index >= 15 is 0 Å². The largest absolute Gasteiger partial charge is 0.322 e. The second kappa shape index (κ2) is 9.89. The van der Waals surface area contributed by atoms with Crippen LogP contribution in [0.25, 0.3) is 0 Å². The molecule has 3 aliphatic heterocycles. The van der Waals surface area contributed by atoms with E-state index in [0.717, 1.165) is 11.1 Å². The number of fused-ring (bicyclic) bond motifs is 1. The molecule has 3 amide bonds. The van der Waals surface area contributed by atoms with E-state index in [-0.39, 0.29) is 43.7 Å². The van der Waals surface area contributed by atoms with E-state index in [1.165, 1.54) is 28.8 Å². The summed E-state index contributed by atoms with van der Waals surface area (Å²) < 4.78 is 41.1. The van der Waals surface area contributed by atoms with Crippen LogP contribution in [0.4, 0.5) is 13.2 Å². The third-order valence-electron chi connectivity index (χ3n) is 6.99. The highest BCUT2D eigenvalue weighted by Crippen LogP contribution is 2.36. The van der Waals surface area contributed by atoms with Crippen LogP contribution in [0.2, 0.25) is 0 Å². The minimum atomic E-state index is -2.56. The molecule has 6 nitrogen and oxygen atoms in total. The normalized spacial score (nSPS) is 22.0. The van der Waals surface area contributed by atoms with E-state index in [2.05, 4.69) is 5.32 Å². The Kier molecular flexibility index (Phi) is 6.82. The minimum Gasteiger partial charge on any atom is -0.322 e. The maximum atomic E-state index is 14.4. The first-order valence-electron chi connectivity index (χ1n) is 12.0. The first-order chi connectivity index (χ1) is 17.2. The molecule has 0 radical (unpaired) electrons. The van der Waals surface area contributed by atoms with Crippen LogP contribution in [0.3, 0.4) is 0 Å². The smallest absolute Gasteiger partial charge is 0.255 e. The Bertz CT molecular complexity index is 1190. The summed E-state index contributed by atoms with van der Waals surface area (Å²) in [5.41, 5.74) is 3.00. The highest BCUT2D eigenvalue weighted by molar-refractivity contribution is 7.98. The summed E-state index contributed by atoms with van der Waals surface area (Å²) in [5.74, 6) is -3.78. The molecule has 3 aliphatic rings. The molecule has 1 atom stereocenters. The number of alkyl halides is 2. The number of carbonyl (C=O) groups excluding carboxylic acids is 3. The molecule has 5 rings (SSSR count). The Morgan fingerprint density at radius 3 is 2.42 bits per heavy atom. The van der Waals surface area contributed by atoms with E-state index in [1.54, 1.807) is 0 Å². The van der Waals surface area contributed by atoms with Crippen LogP contribution in [-0.4, -0.2) is 52.6 Å². The molecule has 2 aromatic carbocycles. The summed E-state index contributed by atoms with van der Waals surface area (Å²) in [7, 11) is 0. The van der Waals surface area contributed by atoms with Gasteiger partial charge < -0.3 is 4.90 Å². The minimum absolute atomic E-state index is 0.108. The number of imide groups is 1. The van der Waals surface area contributed by atoms with Gasteiger partial charge in [-0.15, -0.1) is 11.8 Å². The van der Waals surface area contributed by atoms with Gasteiger partial charge >= 0.3 is 0 Å². The number of benzene rings is 2. The molecular formula is C26H26F3N3O3S. The van der Waals surface area contributed by atoms with Gasteiger partial charge in [-0.05, 0) is 35.2 Å². The highest BCUT2D eigenvalue weighted by atomic mass is 32.2. The van der Waals surface area contributed by atoms with Crippen LogP contribution in [0.15, 0.2) is 41.3 Å². The number of likely N-dealkylation sites (tertiary alicyclic amines) is 1. The van der Waals surface area contributed by atoms with Gasteiger partial charge in [0.15, 0.2) is 0 Å². The molecule has 190 valence electrons. The third kappa shape index (κ3) is 5.29.